The van der Waals surface area contributed by atoms with Crippen LogP contribution in [0.1, 0.15) is 22.9 Å². The zero-order chi connectivity index (χ0) is 20.6. The zero-order valence-corrected chi connectivity index (χ0v) is 16.5. The molecule has 2 heterocycles. The quantitative estimate of drug-likeness (QED) is 0.581. The molecule has 0 saturated carbocycles. The van der Waals surface area contributed by atoms with E-state index in [-0.39, 0.29) is 12.1 Å². The number of thiophene rings is 1. The summed E-state index contributed by atoms with van der Waals surface area (Å²) >= 11 is 1.45. The van der Waals surface area contributed by atoms with Gasteiger partial charge in [-0.15, -0.1) is 11.3 Å². The normalized spacial score (nSPS) is 11.5. The minimum absolute atomic E-state index is 0.0361. The van der Waals surface area contributed by atoms with Crippen molar-refractivity contribution in [3.8, 4) is 0 Å². The summed E-state index contributed by atoms with van der Waals surface area (Å²) in [5, 5.41) is 7.45. The maximum atomic E-state index is 12.5. The average Bonchev–Trinajstić information content (AvgIpc) is 3.24. The molecule has 1 aromatic carbocycles. The van der Waals surface area contributed by atoms with Gasteiger partial charge in [-0.1, -0.05) is 18.2 Å². The van der Waals surface area contributed by atoms with E-state index < -0.39 is 18.0 Å². The average molecular weight is 412 g/mol. The third-order valence-corrected chi connectivity index (χ3v) is 5.10. The van der Waals surface area contributed by atoms with Crippen LogP contribution in [0.2, 0.25) is 0 Å². The van der Waals surface area contributed by atoms with Crippen LogP contribution < -0.4 is 16.3 Å². The van der Waals surface area contributed by atoms with E-state index in [1.807, 2.05) is 23.6 Å². The van der Waals surface area contributed by atoms with Crippen LogP contribution in [-0.2, 0) is 16.1 Å². The molecule has 0 fully saturated rings. The Morgan fingerprint density at radius 1 is 1.24 bits per heavy atom. The Labute approximate surface area is 171 Å². The second kappa shape index (κ2) is 9.65. The fourth-order valence-corrected chi connectivity index (χ4v) is 3.52. The molecule has 0 aliphatic carbocycles. The summed E-state index contributed by atoms with van der Waals surface area (Å²) in [7, 11) is 1.31. The molecule has 3 aromatic rings. The van der Waals surface area contributed by atoms with Crippen LogP contribution >= 0.6 is 11.3 Å². The number of benzene rings is 1. The molecular weight excluding hydrogens is 392 g/mol. The number of carbonyl (C=O) groups is 2. The molecule has 29 heavy (non-hydrogen) atoms. The summed E-state index contributed by atoms with van der Waals surface area (Å²) in [6.07, 6.45) is 3.13. The van der Waals surface area contributed by atoms with Crippen molar-refractivity contribution in [3.63, 3.8) is 0 Å². The molecule has 0 spiro atoms. The number of methoxy groups -OCH3 is 1. The van der Waals surface area contributed by atoms with Crippen molar-refractivity contribution in [2.45, 2.75) is 19.0 Å². The molecule has 1 atom stereocenters. The van der Waals surface area contributed by atoms with Crippen molar-refractivity contribution >= 4 is 29.0 Å². The van der Waals surface area contributed by atoms with Crippen LogP contribution in [0.3, 0.4) is 0 Å². The Balaban J connectivity index is 1.67. The lowest BCUT2D eigenvalue weighted by atomic mass is 10.1. The third-order valence-electron chi connectivity index (χ3n) is 4.11. The van der Waals surface area contributed by atoms with Crippen LogP contribution in [0.25, 0.3) is 0 Å². The molecule has 2 aromatic heterocycles. The number of nitrogens with one attached hydrogen (secondary N) is 2. The second-order valence-electron chi connectivity index (χ2n) is 6.18. The van der Waals surface area contributed by atoms with Crippen molar-refractivity contribution in [1.82, 2.24) is 14.9 Å². The second-order valence-corrected chi connectivity index (χ2v) is 7.16. The van der Waals surface area contributed by atoms with Gasteiger partial charge in [0.1, 0.15) is 0 Å². The number of amides is 2. The number of hydrogen-bond donors (Lipinski definition) is 2. The van der Waals surface area contributed by atoms with Crippen molar-refractivity contribution in [2.24, 2.45) is 0 Å². The van der Waals surface area contributed by atoms with E-state index in [1.165, 1.54) is 29.2 Å². The summed E-state index contributed by atoms with van der Waals surface area (Å²) in [4.78, 5) is 40.5. The van der Waals surface area contributed by atoms with Gasteiger partial charge in [0.05, 0.1) is 26.1 Å². The van der Waals surface area contributed by atoms with Crippen LogP contribution in [0.4, 0.5) is 10.5 Å². The maximum absolute atomic E-state index is 12.5. The summed E-state index contributed by atoms with van der Waals surface area (Å²) in [6.45, 7) is 0.337. The van der Waals surface area contributed by atoms with E-state index in [1.54, 1.807) is 30.5 Å². The Morgan fingerprint density at radius 3 is 2.83 bits per heavy atom. The molecule has 0 aliphatic heterocycles. The number of hydrogen-bond acceptors (Lipinski definition) is 6. The standard InChI is InChI=1S/C20H20N4O4S/c1-28-18(25)12-16(17-7-3-10-29-17)23-19(26)22-15-6-2-5-14(11-15)13-24-9-4-8-21-20(24)27/h2-11,16H,12-13H2,1H3,(H2,22,23,26)/t16-/m0/s1. The largest absolute Gasteiger partial charge is 0.469 e. The lowest BCUT2D eigenvalue weighted by molar-refractivity contribution is -0.141. The first-order chi connectivity index (χ1) is 14.0. The molecule has 0 saturated heterocycles. The molecule has 0 unspecified atom stereocenters. The predicted octanol–water partition coefficient (Wildman–Crippen LogP) is 2.78. The SMILES string of the molecule is COC(=O)C[C@H](NC(=O)Nc1cccc(Cn2cccnc2=O)c1)c1cccs1. The number of nitrogens with zero attached hydrogens (tertiary/aromatic N) is 2. The first-order valence-corrected chi connectivity index (χ1v) is 9.71. The molecule has 0 bridgehead atoms. The monoisotopic (exact) mass is 412 g/mol. The number of carbonyl (C=O) groups excluding carboxylic acids is 2. The van der Waals surface area contributed by atoms with Gasteiger partial charge < -0.3 is 15.4 Å². The number of anilines is 1. The number of rotatable bonds is 7. The van der Waals surface area contributed by atoms with Gasteiger partial charge in [0.25, 0.3) is 0 Å². The van der Waals surface area contributed by atoms with Gasteiger partial charge in [-0.25, -0.2) is 14.6 Å². The van der Waals surface area contributed by atoms with Crippen molar-refractivity contribution in [3.05, 3.63) is 81.2 Å². The summed E-state index contributed by atoms with van der Waals surface area (Å²) in [5.74, 6) is -0.410. The Hall–Kier alpha value is -3.46. The lowest BCUT2D eigenvalue weighted by Crippen LogP contribution is -2.33. The Bertz CT molecular complexity index is 1030. The highest BCUT2D eigenvalue weighted by Crippen LogP contribution is 2.22. The van der Waals surface area contributed by atoms with Gasteiger partial charge in [0, 0.05) is 23.0 Å². The molecular formula is C20H20N4O4S. The summed E-state index contributed by atoms with van der Waals surface area (Å²) < 4.78 is 6.20. The minimum atomic E-state index is -0.486. The predicted molar refractivity (Wildman–Crippen MR) is 110 cm³/mol. The van der Waals surface area contributed by atoms with Gasteiger partial charge in [-0.2, -0.15) is 0 Å². The van der Waals surface area contributed by atoms with Gasteiger partial charge in [0.15, 0.2) is 0 Å². The maximum Gasteiger partial charge on any atom is 0.347 e. The first kappa shape index (κ1) is 20.3. The van der Waals surface area contributed by atoms with E-state index in [0.29, 0.717) is 12.2 Å². The van der Waals surface area contributed by atoms with E-state index in [0.717, 1.165) is 10.4 Å². The fraction of sp³-hybridized carbons (Fsp3) is 0.200. The molecule has 2 amide bonds. The van der Waals surface area contributed by atoms with Gasteiger partial charge >= 0.3 is 17.7 Å². The van der Waals surface area contributed by atoms with Crippen LogP contribution in [0.5, 0.6) is 0 Å². The lowest BCUT2D eigenvalue weighted by Gasteiger charge is -2.17. The van der Waals surface area contributed by atoms with Crippen molar-refractivity contribution in [2.75, 3.05) is 12.4 Å². The Morgan fingerprint density at radius 2 is 2.10 bits per heavy atom. The van der Waals surface area contributed by atoms with Crippen LogP contribution in [-0.4, -0.2) is 28.7 Å². The van der Waals surface area contributed by atoms with E-state index in [9.17, 15) is 14.4 Å². The smallest absolute Gasteiger partial charge is 0.347 e. The highest BCUT2D eigenvalue weighted by Gasteiger charge is 2.20. The Kier molecular flexibility index (Phi) is 6.75. The van der Waals surface area contributed by atoms with Crippen molar-refractivity contribution in [1.29, 1.82) is 0 Å². The van der Waals surface area contributed by atoms with Crippen LogP contribution in [0.15, 0.2) is 65.0 Å². The van der Waals surface area contributed by atoms with Crippen molar-refractivity contribution < 1.29 is 14.3 Å². The molecule has 9 heteroatoms. The van der Waals surface area contributed by atoms with E-state index in [2.05, 4.69) is 15.6 Å². The number of aromatic nitrogens is 2. The van der Waals surface area contributed by atoms with Gasteiger partial charge in [-0.05, 0) is 35.2 Å². The molecule has 2 N–H and O–H groups in total. The molecule has 150 valence electrons. The van der Waals surface area contributed by atoms with Gasteiger partial charge in [-0.3, -0.25) is 9.36 Å². The molecule has 3 rings (SSSR count). The zero-order valence-electron chi connectivity index (χ0n) is 15.7. The fourth-order valence-electron chi connectivity index (χ4n) is 2.74. The molecule has 0 aliphatic rings. The minimum Gasteiger partial charge on any atom is -0.469 e. The summed E-state index contributed by atoms with van der Waals surface area (Å²) in [6, 6.07) is 11.6. The third kappa shape index (κ3) is 5.76. The number of ether oxygens (including phenoxy) is 1. The molecule has 0 radical (unpaired) electrons. The number of esters is 1. The molecule has 8 nitrogen and oxygen atoms in total. The number of urea groups is 1. The van der Waals surface area contributed by atoms with Crippen LogP contribution in [0, 0.1) is 0 Å². The summed E-state index contributed by atoms with van der Waals surface area (Å²) in [5.41, 5.74) is 1.06. The highest BCUT2D eigenvalue weighted by molar-refractivity contribution is 7.10. The van der Waals surface area contributed by atoms with E-state index in [4.69, 9.17) is 4.74 Å². The van der Waals surface area contributed by atoms with E-state index >= 15 is 0 Å². The van der Waals surface area contributed by atoms with Gasteiger partial charge in [0.2, 0.25) is 0 Å². The highest BCUT2D eigenvalue weighted by atomic mass is 32.1. The topological polar surface area (TPSA) is 102 Å². The first-order valence-electron chi connectivity index (χ1n) is 8.83.